The van der Waals surface area contributed by atoms with E-state index in [1.165, 1.54) is 0 Å². The van der Waals surface area contributed by atoms with E-state index in [9.17, 15) is 0 Å². The van der Waals surface area contributed by atoms with Crippen LogP contribution in [0.3, 0.4) is 0 Å². The second-order valence-electron chi connectivity index (χ2n) is 3.47. The molecule has 0 saturated carbocycles. The summed E-state index contributed by atoms with van der Waals surface area (Å²) < 4.78 is 3.51. The average molecular weight is 431 g/mol. The predicted octanol–water partition coefficient (Wildman–Crippen LogP) is 3.70. The summed E-state index contributed by atoms with van der Waals surface area (Å²) in [4.78, 5) is 8.78. The molecule has 0 saturated heterocycles. The molecule has 7 heteroatoms. The van der Waals surface area contributed by atoms with Gasteiger partial charge in [0.25, 0.3) is 0 Å². The molecule has 0 spiro atoms. The van der Waals surface area contributed by atoms with Crippen molar-refractivity contribution in [1.29, 1.82) is 5.26 Å². The van der Waals surface area contributed by atoms with Gasteiger partial charge in [-0.1, -0.05) is 0 Å². The lowest BCUT2D eigenvalue weighted by atomic mass is 10.3. The zero-order valence-corrected chi connectivity index (χ0v) is 13.3. The number of aromatic nitrogens is 3. The highest BCUT2D eigenvalue weighted by atomic mass is 127. The highest BCUT2D eigenvalue weighted by Crippen LogP contribution is 2.28. The summed E-state index contributed by atoms with van der Waals surface area (Å²) in [6.07, 6.45) is 5.52. The lowest BCUT2D eigenvalue weighted by Gasteiger charge is -2.01. The van der Waals surface area contributed by atoms with Gasteiger partial charge < -0.3 is 4.40 Å². The third kappa shape index (κ3) is 1.84. The molecule has 4 nitrogen and oxygen atoms in total. The Morgan fingerprint density at radius 1 is 1.44 bits per heavy atom. The molecule has 3 aromatic heterocycles. The molecule has 88 valence electrons. The van der Waals surface area contributed by atoms with E-state index in [-0.39, 0.29) is 0 Å². The van der Waals surface area contributed by atoms with Gasteiger partial charge in [-0.25, -0.2) is 9.97 Å². The average Bonchev–Trinajstić information content (AvgIpc) is 2.96. The van der Waals surface area contributed by atoms with Gasteiger partial charge in [0, 0.05) is 24.0 Å². The number of fused-ring (bicyclic) bond motifs is 1. The number of imidazole rings is 1. The minimum absolute atomic E-state index is 0.611. The normalized spacial score (nSPS) is 10.7. The van der Waals surface area contributed by atoms with Crippen molar-refractivity contribution < 1.29 is 0 Å². The van der Waals surface area contributed by atoms with Crippen molar-refractivity contribution in [3.63, 3.8) is 0 Å². The topological polar surface area (TPSA) is 54.0 Å². The molecule has 0 aromatic carbocycles. The van der Waals surface area contributed by atoms with Crippen LogP contribution in [0, 0.1) is 14.9 Å². The van der Waals surface area contributed by atoms with Gasteiger partial charge in [-0.05, 0) is 38.5 Å². The van der Waals surface area contributed by atoms with Crippen LogP contribution in [0.5, 0.6) is 0 Å². The van der Waals surface area contributed by atoms with E-state index in [0.717, 1.165) is 24.4 Å². The second kappa shape index (κ2) is 4.60. The van der Waals surface area contributed by atoms with Gasteiger partial charge in [-0.2, -0.15) is 5.26 Å². The molecular weight excluding hydrogens is 427 g/mol. The molecule has 0 aliphatic heterocycles. The molecule has 3 rings (SSSR count). The fourth-order valence-corrected chi connectivity index (χ4v) is 3.89. The highest BCUT2D eigenvalue weighted by Gasteiger charge is 2.14. The Hall–Kier alpha value is -0.980. The number of nitriles is 1. The van der Waals surface area contributed by atoms with E-state index < -0.39 is 0 Å². The maximum absolute atomic E-state index is 9.12. The minimum atomic E-state index is 0.611. The van der Waals surface area contributed by atoms with Crippen LogP contribution in [-0.4, -0.2) is 14.4 Å². The third-order valence-corrected chi connectivity index (χ3v) is 4.82. The van der Waals surface area contributed by atoms with Crippen LogP contribution in [0.2, 0.25) is 0 Å². The molecule has 0 N–H and O–H groups in total. The van der Waals surface area contributed by atoms with E-state index in [4.69, 9.17) is 5.26 Å². The van der Waals surface area contributed by atoms with Crippen molar-refractivity contribution in [3.05, 3.63) is 37.6 Å². The first kappa shape index (κ1) is 12.1. The Morgan fingerprint density at radius 2 is 2.28 bits per heavy atom. The van der Waals surface area contributed by atoms with Crippen LogP contribution >= 0.6 is 49.9 Å². The number of hydrogen-bond donors (Lipinski definition) is 0. The predicted molar refractivity (Wildman–Crippen MR) is 81.4 cm³/mol. The molecule has 3 aromatic rings. The van der Waals surface area contributed by atoms with E-state index >= 15 is 0 Å². The van der Waals surface area contributed by atoms with Gasteiger partial charge in [0.2, 0.25) is 0 Å². The summed E-state index contributed by atoms with van der Waals surface area (Å²) in [5.74, 6) is 0. The van der Waals surface area contributed by atoms with E-state index in [1.54, 1.807) is 17.5 Å². The zero-order valence-electron chi connectivity index (χ0n) is 8.76. The quantitative estimate of drug-likeness (QED) is 0.553. The number of halogens is 2. The molecule has 0 unspecified atom stereocenters. The summed E-state index contributed by atoms with van der Waals surface area (Å²) in [5.41, 5.74) is 2.21. The summed E-state index contributed by atoms with van der Waals surface area (Å²) in [6, 6.07) is 2.18. The van der Waals surface area contributed by atoms with Crippen molar-refractivity contribution in [1.82, 2.24) is 14.4 Å². The number of hydrogen-bond acceptors (Lipinski definition) is 4. The molecule has 0 atom stereocenters. The van der Waals surface area contributed by atoms with Crippen LogP contribution in [0.1, 0.15) is 5.56 Å². The van der Waals surface area contributed by atoms with Crippen LogP contribution in [0.25, 0.3) is 16.3 Å². The molecule has 0 radical (unpaired) electrons. The summed E-state index contributed by atoms with van der Waals surface area (Å²) in [5, 5.41) is 11.9. The first-order valence-electron chi connectivity index (χ1n) is 4.87. The van der Waals surface area contributed by atoms with Gasteiger partial charge in [0.05, 0.1) is 13.6 Å². The molecule has 3 heterocycles. The Labute approximate surface area is 129 Å². The van der Waals surface area contributed by atoms with Crippen molar-refractivity contribution >= 4 is 55.5 Å². The van der Waals surface area contributed by atoms with Gasteiger partial charge in [-0.15, -0.1) is 11.3 Å². The van der Waals surface area contributed by atoms with Crippen LogP contribution in [0.4, 0.5) is 0 Å². The zero-order chi connectivity index (χ0) is 12.7. The maximum Gasteiger partial charge on any atom is 0.152 e. The van der Waals surface area contributed by atoms with Crippen LogP contribution in [0.15, 0.2) is 28.4 Å². The molecule has 0 aliphatic carbocycles. The maximum atomic E-state index is 9.12. The second-order valence-corrected chi connectivity index (χ2v) is 6.30. The van der Waals surface area contributed by atoms with Crippen molar-refractivity contribution in [2.24, 2.45) is 0 Å². The first-order valence-corrected chi connectivity index (χ1v) is 7.62. The fourth-order valence-electron chi connectivity index (χ4n) is 1.61. The number of nitrogens with zero attached hydrogens (tertiary/aromatic N) is 4. The number of rotatable bonds is 1. The van der Waals surface area contributed by atoms with Gasteiger partial charge in [0.1, 0.15) is 16.8 Å². The Kier molecular flexibility index (Phi) is 3.09. The summed E-state index contributed by atoms with van der Waals surface area (Å²) in [7, 11) is 0. The Balaban J connectivity index is 2.31. The molecule has 0 aliphatic rings. The largest absolute Gasteiger partial charge is 0.304 e. The van der Waals surface area contributed by atoms with Gasteiger partial charge in [0.15, 0.2) is 5.65 Å². The Bertz CT molecular complexity index is 773. The minimum Gasteiger partial charge on any atom is -0.304 e. The molecule has 0 fully saturated rings. The molecule has 0 amide bonds. The molecular formula is C11H4BrIN4S. The monoisotopic (exact) mass is 430 g/mol. The van der Waals surface area contributed by atoms with Crippen LogP contribution in [-0.2, 0) is 0 Å². The van der Waals surface area contributed by atoms with Crippen molar-refractivity contribution in [3.8, 4) is 16.8 Å². The third-order valence-electron chi connectivity index (χ3n) is 2.40. The van der Waals surface area contributed by atoms with Gasteiger partial charge >= 0.3 is 0 Å². The molecule has 18 heavy (non-hydrogen) atoms. The molecule has 0 bridgehead atoms. The van der Waals surface area contributed by atoms with Crippen molar-refractivity contribution in [2.45, 2.75) is 0 Å². The lowest BCUT2D eigenvalue weighted by Crippen LogP contribution is -1.92. The fraction of sp³-hybridized carbons (Fsp3) is 0. The van der Waals surface area contributed by atoms with Crippen LogP contribution < -0.4 is 0 Å². The van der Waals surface area contributed by atoms with Crippen molar-refractivity contribution in [2.75, 3.05) is 0 Å². The smallest absolute Gasteiger partial charge is 0.152 e. The lowest BCUT2D eigenvalue weighted by molar-refractivity contribution is 1.16. The van der Waals surface area contributed by atoms with E-state index in [1.807, 2.05) is 22.2 Å². The number of thiazole rings is 1. The van der Waals surface area contributed by atoms with E-state index in [2.05, 4.69) is 54.6 Å². The Morgan fingerprint density at radius 3 is 2.94 bits per heavy atom. The first-order chi connectivity index (χ1) is 8.70. The highest BCUT2D eigenvalue weighted by molar-refractivity contribution is 14.1. The van der Waals surface area contributed by atoms with Gasteiger partial charge in [-0.3, -0.25) is 0 Å². The standard InChI is InChI=1S/C11H4BrIN4S/c12-7-4-17-5-8(11-15-1-2-18-11)16-10(17)9(13)6(7)3-14/h1-2,4-5H. The van der Waals surface area contributed by atoms with E-state index in [0.29, 0.717) is 5.56 Å². The SMILES string of the molecule is N#Cc1c(Br)cn2cc(-c3nccs3)nc2c1I. The summed E-state index contributed by atoms with van der Waals surface area (Å²) in [6.45, 7) is 0. The summed E-state index contributed by atoms with van der Waals surface area (Å²) >= 11 is 7.09. The number of pyridine rings is 1.